The van der Waals surface area contributed by atoms with Crippen molar-refractivity contribution in [2.75, 3.05) is 0 Å². The summed E-state index contributed by atoms with van der Waals surface area (Å²) in [6.45, 7) is 5.13. The quantitative estimate of drug-likeness (QED) is 0.500. The van der Waals surface area contributed by atoms with Crippen LogP contribution in [-0.4, -0.2) is 36.0 Å². The second kappa shape index (κ2) is 6.02. The van der Waals surface area contributed by atoms with Crippen LogP contribution in [0.25, 0.3) is 16.0 Å². The van der Waals surface area contributed by atoms with E-state index in [0.29, 0.717) is 38.9 Å². The summed E-state index contributed by atoms with van der Waals surface area (Å²) in [7, 11) is 1.62. The minimum Gasteiger partial charge on any atom is -0.466 e. The lowest BCUT2D eigenvalue weighted by Crippen LogP contribution is -2.41. The number of fused-ring (bicyclic) bond motifs is 3. The summed E-state index contributed by atoms with van der Waals surface area (Å²) >= 11 is 1.32. The van der Waals surface area contributed by atoms with Gasteiger partial charge < -0.3 is 9.73 Å². The first kappa shape index (κ1) is 18.6. The maximum absolute atomic E-state index is 13.3. The molecule has 1 saturated heterocycles. The molecule has 4 aromatic rings. The SMILES string of the molecule is Cc1cc(C2(C)NC(=O)N(Cc3nnc4n(C)c(=O)c5sccc5n34)C2=O)c(C)o1. The van der Waals surface area contributed by atoms with Crippen molar-refractivity contribution < 1.29 is 14.0 Å². The molecular weight excluding hydrogens is 408 g/mol. The molecule has 1 N–H and O–H groups in total. The number of carbonyl (C=O) groups is 2. The maximum atomic E-state index is 13.3. The number of hydrogen-bond donors (Lipinski definition) is 1. The number of aryl methyl sites for hydroxylation is 3. The molecule has 0 spiro atoms. The standard InChI is InChI=1S/C19H18N6O4S/c1-9-7-11(10(2)29-9)19(3)16(27)24(18(28)20-19)8-13-21-22-17-23(4)15(26)14-12(25(13)17)5-6-30-14/h5-7H,8H2,1-4H3,(H,20,28). The smallest absolute Gasteiger partial charge is 0.325 e. The van der Waals surface area contributed by atoms with E-state index >= 15 is 0 Å². The highest BCUT2D eigenvalue weighted by molar-refractivity contribution is 7.17. The van der Waals surface area contributed by atoms with Crippen molar-refractivity contribution in [2.45, 2.75) is 32.9 Å². The van der Waals surface area contributed by atoms with Crippen LogP contribution in [0.3, 0.4) is 0 Å². The second-order valence-corrected chi connectivity index (χ2v) is 8.44. The molecule has 0 aliphatic carbocycles. The Morgan fingerprint density at radius 1 is 1.23 bits per heavy atom. The average Bonchev–Trinajstić information content (AvgIpc) is 3.44. The zero-order valence-corrected chi connectivity index (χ0v) is 17.5. The van der Waals surface area contributed by atoms with Crippen LogP contribution in [0.15, 0.2) is 26.7 Å². The molecule has 1 atom stereocenters. The summed E-state index contributed by atoms with van der Waals surface area (Å²) in [5.41, 5.74) is -0.132. The molecule has 11 heteroatoms. The fourth-order valence-corrected chi connectivity index (χ4v) is 4.90. The normalized spacial score (nSPS) is 19.4. The number of amides is 3. The minimum absolute atomic E-state index is 0.0829. The van der Waals surface area contributed by atoms with Crippen LogP contribution in [-0.2, 0) is 23.9 Å². The fraction of sp³-hybridized carbons (Fsp3) is 0.316. The van der Waals surface area contributed by atoms with Crippen molar-refractivity contribution in [3.63, 3.8) is 0 Å². The summed E-state index contributed by atoms with van der Waals surface area (Å²) in [6, 6.07) is 3.03. The molecule has 30 heavy (non-hydrogen) atoms. The van der Waals surface area contributed by atoms with Gasteiger partial charge in [-0.15, -0.1) is 21.5 Å². The van der Waals surface area contributed by atoms with Gasteiger partial charge in [-0.05, 0) is 38.3 Å². The molecule has 1 unspecified atom stereocenters. The molecule has 1 fully saturated rings. The number of furan rings is 1. The third kappa shape index (κ3) is 2.32. The number of nitrogens with one attached hydrogen (secondary N) is 1. The van der Waals surface area contributed by atoms with Crippen LogP contribution >= 0.6 is 11.3 Å². The van der Waals surface area contributed by atoms with Gasteiger partial charge in [-0.3, -0.25) is 23.5 Å². The van der Waals surface area contributed by atoms with Gasteiger partial charge in [0.1, 0.15) is 21.8 Å². The number of carbonyl (C=O) groups excluding carboxylic acids is 2. The number of nitrogens with zero attached hydrogens (tertiary/aromatic N) is 5. The van der Waals surface area contributed by atoms with E-state index in [-0.39, 0.29) is 12.1 Å². The first-order chi connectivity index (χ1) is 14.2. The van der Waals surface area contributed by atoms with E-state index in [1.165, 1.54) is 15.9 Å². The van der Waals surface area contributed by atoms with E-state index in [4.69, 9.17) is 4.42 Å². The maximum Gasteiger partial charge on any atom is 0.325 e. The van der Waals surface area contributed by atoms with E-state index in [1.807, 2.05) is 5.38 Å². The Morgan fingerprint density at radius 3 is 2.70 bits per heavy atom. The molecule has 1 aliphatic rings. The molecule has 3 amide bonds. The summed E-state index contributed by atoms with van der Waals surface area (Å²) in [5, 5.41) is 12.9. The Hall–Kier alpha value is -3.47. The topological polar surface area (TPSA) is 115 Å². The number of imide groups is 1. The molecule has 1 aliphatic heterocycles. The zero-order valence-electron chi connectivity index (χ0n) is 16.7. The van der Waals surface area contributed by atoms with Crippen molar-refractivity contribution in [3.8, 4) is 0 Å². The third-order valence-electron chi connectivity index (χ3n) is 5.55. The zero-order chi connectivity index (χ0) is 21.4. The molecule has 0 radical (unpaired) electrons. The van der Waals surface area contributed by atoms with Gasteiger partial charge in [0.05, 0.1) is 12.1 Å². The van der Waals surface area contributed by atoms with Crippen molar-refractivity contribution in [1.82, 2.24) is 29.4 Å². The molecule has 0 aromatic carbocycles. The van der Waals surface area contributed by atoms with Crippen molar-refractivity contribution in [3.05, 3.63) is 50.8 Å². The van der Waals surface area contributed by atoms with Crippen LogP contribution < -0.4 is 10.9 Å². The van der Waals surface area contributed by atoms with Crippen LogP contribution in [0, 0.1) is 13.8 Å². The molecular formula is C19H18N6O4S. The number of rotatable bonds is 3. The van der Waals surface area contributed by atoms with E-state index in [0.717, 1.165) is 4.90 Å². The average molecular weight is 426 g/mol. The highest BCUT2D eigenvalue weighted by Gasteiger charge is 2.50. The number of hydrogen-bond acceptors (Lipinski definition) is 7. The molecule has 154 valence electrons. The van der Waals surface area contributed by atoms with Gasteiger partial charge in [0.15, 0.2) is 5.82 Å². The fourth-order valence-electron chi connectivity index (χ4n) is 4.05. The van der Waals surface area contributed by atoms with E-state index in [2.05, 4.69) is 15.5 Å². The van der Waals surface area contributed by atoms with E-state index < -0.39 is 17.5 Å². The van der Waals surface area contributed by atoms with E-state index in [9.17, 15) is 14.4 Å². The van der Waals surface area contributed by atoms with Crippen LogP contribution in [0.4, 0.5) is 4.79 Å². The molecule has 0 bridgehead atoms. The molecule has 4 aromatic heterocycles. The minimum atomic E-state index is -1.23. The molecule has 5 rings (SSSR count). The van der Waals surface area contributed by atoms with Crippen molar-refractivity contribution in [1.29, 1.82) is 0 Å². The highest BCUT2D eigenvalue weighted by Crippen LogP contribution is 2.33. The van der Waals surface area contributed by atoms with Gasteiger partial charge in [0.2, 0.25) is 5.78 Å². The second-order valence-electron chi connectivity index (χ2n) is 7.52. The van der Waals surface area contributed by atoms with Gasteiger partial charge in [-0.1, -0.05) is 0 Å². The summed E-state index contributed by atoms with van der Waals surface area (Å²) < 4.78 is 9.22. The van der Waals surface area contributed by atoms with Gasteiger partial charge in [-0.25, -0.2) is 4.79 Å². The largest absolute Gasteiger partial charge is 0.466 e. The number of aromatic nitrogens is 4. The first-order valence-corrected chi connectivity index (χ1v) is 10.1. The summed E-state index contributed by atoms with van der Waals surface area (Å²) in [5.74, 6) is 1.57. The predicted molar refractivity (Wildman–Crippen MR) is 108 cm³/mol. The number of urea groups is 1. The van der Waals surface area contributed by atoms with E-state index in [1.54, 1.807) is 44.4 Å². The van der Waals surface area contributed by atoms with Crippen molar-refractivity contribution >= 4 is 39.3 Å². The monoisotopic (exact) mass is 426 g/mol. The first-order valence-electron chi connectivity index (χ1n) is 9.24. The molecule has 10 nitrogen and oxygen atoms in total. The Balaban J connectivity index is 1.59. The lowest BCUT2D eigenvalue weighted by Gasteiger charge is -2.21. The van der Waals surface area contributed by atoms with Gasteiger partial charge >= 0.3 is 6.03 Å². The van der Waals surface area contributed by atoms with Gasteiger partial charge in [0.25, 0.3) is 11.5 Å². The van der Waals surface area contributed by atoms with Gasteiger partial charge in [-0.2, -0.15) is 0 Å². The van der Waals surface area contributed by atoms with Crippen LogP contribution in [0.2, 0.25) is 0 Å². The number of thiophene rings is 1. The Kier molecular flexibility index (Phi) is 3.72. The highest BCUT2D eigenvalue weighted by atomic mass is 32.1. The molecule has 0 saturated carbocycles. The lowest BCUT2D eigenvalue weighted by molar-refractivity contribution is -0.131. The summed E-state index contributed by atoms with van der Waals surface area (Å²) in [4.78, 5) is 39.6. The lowest BCUT2D eigenvalue weighted by atomic mass is 9.92. The third-order valence-corrected chi connectivity index (χ3v) is 6.44. The predicted octanol–water partition coefficient (Wildman–Crippen LogP) is 1.82. The van der Waals surface area contributed by atoms with Crippen LogP contribution in [0.5, 0.6) is 0 Å². The Labute approximate surface area is 173 Å². The van der Waals surface area contributed by atoms with Crippen molar-refractivity contribution in [2.24, 2.45) is 7.05 Å². The van der Waals surface area contributed by atoms with Crippen LogP contribution in [0.1, 0.15) is 29.8 Å². The Bertz CT molecular complexity index is 1430. The Morgan fingerprint density at radius 2 is 2.00 bits per heavy atom. The molecule has 5 heterocycles. The van der Waals surface area contributed by atoms with Gasteiger partial charge in [0, 0.05) is 12.6 Å². The summed E-state index contributed by atoms with van der Waals surface area (Å²) in [6.07, 6.45) is 0.